The standard InChI is InChI=1S/C10H7BrN2O4/c11-8-7(9(14)12-10(8)15)5-2-1-3-6(4-5)13(16)17/h1-4,7-8H,(H,12,14,15). The highest BCUT2D eigenvalue weighted by Crippen LogP contribution is 2.31. The number of imide groups is 1. The highest BCUT2D eigenvalue weighted by atomic mass is 79.9. The van der Waals surface area contributed by atoms with Crippen molar-refractivity contribution in [1.82, 2.24) is 5.32 Å². The fourth-order valence-electron chi connectivity index (χ4n) is 1.70. The molecule has 2 atom stereocenters. The van der Waals surface area contributed by atoms with Crippen molar-refractivity contribution in [3.05, 3.63) is 39.9 Å². The second-order valence-electron chi connectivity index (χ2n) is 3.59. The molecule has 1 N–H and O–H groups in total. The lowest BCUT2D eigenvalue weighted by atomic mass is 9.97. The smallest absolute Gasteiger partial charge is 0.269 e. The van der Waals surface area contributed by atoms with E-state index in [2.05, 4.69) is 21.2 Å². The first kappa shape index (κ1) is 11.7. The first-order valence-electron chi connectivity index (χ1n) is 4.74. The maximum absolute atomic E-state index is 11.5. The lowest BCUT2D eigenvalue weighted by molar-refractivity contribution is -0.384. The van der Waals surface area contributed by atoms with E-state index in [9.17, 15) is 19.7 Å². The van der Waals surface area contributed by atoms with Gasteiger partial charge in [0.2, 0.25) is 11.8 Å². The normalized spacial score (nSPS) is 23.6. The van der Waals surface area contributed by atoms with Gasteiger partial charge in [0, 0.05) is 12.1 Å². The maximum atomic E-state index is 11.5. The SMILES string of the molecule is O=C1NC(=O)C(c2cccc([N+](=O)[O-])c2)C1Br. The summed E-state index contributed by atoms with van der Waals surface area (Å²) in [7, 11) is 0. The Labute approximate surface area is 104 Å². The zero-order valence-corrected chi connectivity index (χ0v) is 10.0. The summed E-state index contributed by atoms with van der Waals surface area (Å²) in [5, 5.41) is 12.8. The number of rotatable bonds is 2. The molecular formula is C10H7BrN2O4. The van der Waals surface area contributed by atoms with Gasteiger partial charge in [-0.2, -0.15) is 0 Å². The summed E-state index contributed by atoms with van der Waals surface area (Å²) in [6.07, 6.45) is 0. The fourth-order valence-corrected chi connectivity index (χ4v) is 2.36. The molecule has 0 aliphatic carbocycles. The molecule has 1 aliphatic heterocycles. The van der Waals surface area contributed by atoms with Crippen LogP contribution >= 0.6 is 15.9 Å². The van der Waals surface area contributed by atoms with E-state index in [0.29, 0.717) is 5.56 Å². The Balaban J connectivity index is 2.40. The summed E-state index contributed by atoms with van der Waals surface area (Å²) in [4.78, 5) is 32.2. The molecule has 6 nitrogen and oxygen atoms in total. The molecule has 0 spiro atoms. The number of non-ortho nitro benzene ring substituents is 1. The van der Waals surface area contributed by atoms with Crippen molar-refractivity contribution in [1.29, 1.82) is 0 Å². The third-order valence-corrected chi connectivity index (χ3v) is 3.46. The van der Waals surface area contributed by atoms with Crippen molar-refractivity contribution < 1.29 is 14.5 Å². The molecule has 1 aliphatic rings. The zero-order valence-electron chi connectivity index (χ0n) is 8.42. The minimum Gasteiger partial charge on any atom is -0.295 e. The highest BCUT2D eigenvalue weighted by molar-refractivity contribution is 9.10. The number of carbonyl (C=O) groups is 2. The predicted molar refractivity (Wildman–Crippen MR) is 61.7 cm³/mol. The lowest BCUT2D eigenvalue weighted by Crippen LogP contribution is -2.22. The van der Waals surface area contributed by atoms with Crippen LogP contribution in [0.15, 0.2) is 24.3 Å². The quantitative estimate of drug-likeness (QED) is 0.383. The van der Waals surface area contributed by atoms with Crippen LogP contribution in [0.5, 0.6) is 0 Å². The van der Waals surface area contributed by atoms with Gasteiger partial charge in [-0.15, -0.1) is 0 Å². The Morgan fingerprint density at radius 2 is 2.00 bits per heavy atom. The molecule has 1 aromatic carbocycles. The Morgan fingerprint density at radius 3 is 2.53 bits per heavy atom. The van der Waals surface area contributed by atoms with Gasteiger partial charge in [-0.1, -0.05) is 28.1 Å². The number of benzene rings is 1. The van der Waals surface area contributed by atoms with Gasteiger partial charge >= 0.3 is 0 Å². The number of nitro groups is 1. The van der Waals surface area contributed by atoms with E-state index in [-0.39, 0.29) is 5.69 Å². The molecule has 0 saturated carbocycles. The van der Waals surface area contributed by atoms with Crippen LogP contribution in [0, 0.1) is 10.1 Å². The molecule has 2 amide bonds. The van der Waals surface area contributed by atoms with Crippen LogP contribution in [0.1, 0.15) is 11.5 Å². The molecule has 1 saturated heterocycles. The largest absolute Gasteiger partial charge is 0.295 e. The van der Waals surface area contributed by atoms with Crippen molar-refractivity contribution in [3.8, 4) is 0 Å². The van der Waals surface area contributed by atoms with Crippen LogP contribution in [0.3, 0.4) is 0 Å². The summed E-state index contributed by atoms with van der Waals surface area (Å²) >= 11 is 3.11. The molecule has 17 heavy (non-hydrogen) atoms. The van der Waals surface area contributed by atoms with Gasteiger partial charge in [-0.3, -0.25) is 25.0 Å². The van der Waals surface area contributed by atoms with Gasteiger partial charge in [-0.05, 0) is 5.56 Å². The third kappa shape index (κ3) is 2.05. The van der Waals surface area contributed by atoms with Crippen molar-refractivity contribution in [3.63, 3.8) is 0 Å². The molecule has 0 bridgehead atoms. The zero-order chi connectivity index (χ0) is 12.6. The van der Waals surface area contributed by atoms with E-state index in [0.717, 1.165) is 0 Å². The Kier molecular flexibility index (Phi) is 2.93. The minimum absolute atomic E-state index is 0.102. The molecule has 88 valence electrons. The summed E-state index contributed by atoms with van der Waals surface area (Å²) in [6.45, 7) is 0. The number of hydrogen-bond donors (Lipinski definition) is 1. The summed E-state index contributed by atoms with van der Waals surface area (Å²) < 4.78 is 0. The van der Waals surface area contributed by atoms with Crippen molar-refractivity contribution in [2.75, 3.05) is 0 Å². The van der Waals surface area contributed by atoms with Gasteiger partial charge in [-0.25, -0.2) is 0 Å². The molecule has 1 aromatic rings. The summed E-state index contributed by atoms with van der Waals surface area (Å²) in [5.41, 5.74) is 0.346. The molecule has 0 aromatic heterocycles. The number of nitrogens with one attached hydrogen (secondary N) is 1. The first-order valence-corrected chi connectivity index (χ1v) is 5.65. The topological polar surface area (TPSA) is 89.3 Å². The molecule has 2 unspecified atom stereocenters. The highest BCUT2D eigenvalue weighted by Gasteiger charge is 2.41. The van der Waals surface area contributed by atoms with E-state index >= 15 is 0 Å². The molecule has 0 radical (unpaired) electrons. The average Bonchev–Trinajstić information content (AvgIpc) is 2.53. The van der Waals surface area contributed by atoms with Crippen LogP contribution < -0.4 is 5.32 Å². The van der Waals surface area contributed by atoms with E-state index in [1.807, 2.05) is 0 Å². The monoisotopic (exact) mass is 298 g/mol. The minimum atomic E-state index is -0.720. The number of hydrogen-bond acceptors (Lipinski definition) is 4. The van der Waals surface area contributed by atoms with Crippen LogP contribution in [0.25, 0.3) is 0 Å². The number of nitrogens with zero attached hydrogens (tertiary/aromatic N) is 1. The van der Waals surface area contributed by atoms with Crippen LogP contribution in [0.4, 0.5) is 5.69 Å². The number of alkyl halides is 1. The predicted octanol–water partition coefficient (Wildman–Crippen LogP) is 1.10. The van der Waals surface area contributed by atoms with Crippen LogP contribution in [-0.4, -0.2) is 21.6 Å². The van der Waals surface area contributed by atoms with Gasteiger partial charge < -0.3 is 0 Å². The van der Waals surface area contributed by atoms with Crippen molar-refractivity contribution >= 4 is 33.4 Å². The Hall–Kier alpha value is -1.76. The van der Waals surface area contributed by atoms with Crippen LogP contribution in [-0.2, 0) is 9.59 Å². The lowest BCUT2D eigenvalue weighted by Gasteiger charge is -2.09. The van der Waals surface area contributed by atoms with Gasteiger partial charge in [0.05, 0.1) is 10.8 Å². The summed E-state index contributed by atoms with van der Waals surface area (Å²) in [6, 6.07) is 5.71. The molecule has 2 rings (SSSR count). The molecule has 1 heterocycles. The molecular weight excluding hydrogens is 292 g/mol. The second kappa shape index (κ2) is 4.25. The Morgan fingerprint density at radius 1 is 1.29 bits per heavy atom. The fraction of sp³-hybridized carbons (Fsp3) is 0.200. The van der Waals surface area contributed by atoms with E-state index in [4.69, 9.17) is 0 Å². The number of carbonyl (C=O) groups excluding carboxylic acids is 2. The van der Waals surface area contributed by atoms with Crippen molar-refractivity contribution in [2.45, 2.75) is 10.7 Å². The number of nitro benzene ring substituents is 1. The first-order chi connectivity index (χ1) is 8.00. The van der Waals surface area contributed by atoms with Gasteiger partial charge in [0.1, 0.15) is 4.83 Å². The van der Waals surface area contributed by atoms with Gasteiger partial charge in [0.15, 0.2) is 0 Å². The van der Waals surface area contributed by atoms with Crippen molar-refractivity contribution in [2.24, 2.45) is 0 Å². The van der Waals surface area contributed by atoms with Crippen LogP contribution in [0.2, 0.25) is 0 Å². The van der Waals surface area contributed by atoms with E-state index in [1.165, 1.54) is 18.2 Å². The average molecular weight is 299 g/mol. The number of amides is 2. The number of halogens is 1. The van der Waals surface area contributed by atoms with E-state index < -0.39 is 27.5 Å². The van der Waals surface area contributed by atoms with E-state index in [1.54, 1.807) is 6.07 Å². The third-order valence-electron chi connectivity index (χ3n) is 2.51. The molecule has 7 heteroatoms. The summed E-state index contributed by atoms with van der Waals surface area (Å²) in [5.74, 6) is -1.59. The Bertz CT molecular complexity index is 517. The molecule has 1 fully saturated rings. The van der Waals surface area contributed by atoms with Gasteiger partial charge in [0.25, 0.3) is 5.69 Å². The maximum Gasteiger partial charge on any atom is 0.269 e. The second-order valence-corrected chi connectivity index (χ2v) is 4.57.